The Balaban J connectivity index is 2.42. The molecular formula is C13H17N3. The summed E-state index contributed by atoms with van der Waals surface area (Å²) in [7, 11) is 0. The molecule has 0 aliphatic heterocycles. The first kappa shape index (κ1) is 10.9. The van der Waals surface area contributed by atoms with Crippen molar-refractivity contribution < 1.29 is 0 Å². The van der Waals surface area contributed by atoms with Gasteiger partial charge in [0.05, 0.1) is 16.7 Å². The number of hydrogen-bond acceptors (Lipinski definition) is 3. The SMILES string of the molecule is CCC(C)Nc1nc2ccccc2nc1C. The van der Waals surface area contributed by atoms with Crippen LogP contribution in [0, 0.1) is 6.92 Å². The van der Waals surface area contributed by atoms with Gasteiger partial charge in [-0.25, -0.2) is 9.97 Å². The van der Waals surface area contributed by atoms with Gasteiger partial charge in [-0.3, -0.25) is 0 Å². The van der Waals surface area contributed by atoms with E-state index in [9.17, 15) is 0 Å². The van der Waals surface area contributed by atoms with Crippen molar-refractivity contribution >= 4 is 16.9 Å². The highest BCUT2D eigenvalue weighted by atomic mass is 15.0. The van der Waals surface area contributed by atoms with Crippen molar-refractivity contribution in [2.75, 3.05) is 5.32 Å². The van der Waals surface area contributed by atoms with E-state index in [0.717, 1.165) is 29.0 Å². The average Bonchev–Trinajstić information content (AvgIpc) is 2.30. The van der Waals surface area contributed by atoms with Gasteiger partial charge in [-0.05, 0) is 32.4 Å². The Labute approximate surface area is 95.9 Å². The van der Waals surface area contributed by atoms with Gasteiger partial charge in [0.2, 0.25) is 0 Å². The maximum atomic E-state index is 4.59. The fraction of sp³-hybridized carbons (Fsp3) is 0.385. The summed E-state index contributed by atoms with van der Waals surface area (Å²) in [4.78, 5) is 9.13. The number of aromatic nitrogens is 2. The van der Waals surface area contributed by atoms with E-state index >= 15 is 0 Å². The molecule has 0 spiro atoms. The van der Waals surface area contributed by atoms with Gasteiger partial charge in [-0.2, -0.15) is 0 Å². The Kier molecular flexibility index (Phi) is 3.04. The Morgan fingerprint density at radius 1 is 1.19 bits per heavy atom. The summed E-state index contributed by atoms with van der Waals surface area (Å²) in [6.07, 6.45) is 1.08. The zero-order valence-corrected chi connectivity index (χ0v) is 9.99. The molecule has 3 nitrogen and oxygen atoms in total. The second-order valence-corrected chi connectivity index (χ2v) is 4.10. The average molecular weight is 215 g/mol. The van der Waals surface area contributed by atoms with Crippen LogP contribution in [0.2, 0.25) is 0 Å². The Morgan fingerprint density at radius 3 is 2.44 bits per heavy atom. The van der Waals surface area contributed by atoms with Gasteiger partial charge < -0.3 is 5.32 Å². The monoisotopic (exact) mass is 215 g/mol. The minimum Gasteiger partial charge on any atom is -0.366 e. The molecular weight excluding hydrogens is 198 g/mol. The summed E-state index contributed by atoms with van der Waals surface area (Å²) in [5.74, 6) is 0.896. The summed E-state index contributed by atoms with van der Waals surface area (Å²) >= 11 is 0. The Hall–Kier alpha value is -1.64. The fourth-order valence-electron chi connectivity index (χ4n) is 1.56. The second kappa shape index (κ2) is 4.47. The number of nitrogens with one attached hydrogen (secondary N) is 1. The van der Waals surface area contributed by atoms with E-state index in [1.54, 1.807) is 0 Å². The molecule has 2 rings (SSSR count). The van der Waals surface area contributed by atoms with Crippen molar-refractivity contribution in [1.82, 2.24) is 9.97 Å². The molecule has 84 valence electrons. The maximum absolute atomic E-state index is 4.59. The van der Waals surface area contributed by atoms with Crippen LogP contribution in [0.4, 0.5) is 5.82 Å². The van der Waals surface area contributed by atoms with Gasteiger partial charge in [0, 0.05) is 6.04 Å². The molecule has 1 aromatic carbocycles. The summed E-state index contributed by atoms with van der Waals surface area (Å²) in [6, 6.07) is 8.37. The molecule has 0 radical (unpaired) electrons. The van der Waals surface area contributed by atoms with Gasteiger partial charge in [0.15, 0.2) is 0 Å². The molecule has 0 saturated carbocycles. The molecule has 0 bridgehead atoms. The largest absolute Gasteiger partial charge is 0.366 e. The second-order valence-electron chi connectivity index (χ2n) is 4.10. The van der Waals surface area contributed by atoms with Crippen LogP contribution in [0.5, 0.6) is 0 Å². The smallest absolute Gasteiger partial charge is 0.148 e. The molecule has 0 amide bonds. The normalized spacial score (nSPS) is 12.7. The van der Waals surface area contributed by atoms with E-state index in [1.807, 2.05) is 31.2 Å². The minimum atomic E-state index is 0.425. The van der Waals surface area contributed by atoms with Crippen LogP contribution in [0.15, 0.2) is 24.3 Å². The lowest BCUT2D eigenvalue weighted by atomic mass is 10.2. The molecule has 1 unspecified atom stereocenters. The number of fused-ring (bicyclic) bond motifs is 1. The van der Waals surface area contributed by atoms with Gasteiger partial charge in [0.1, 0.15) is 5.82 Å². The number of anilines is 1. The highest BCUT2D eigenvalue weighted by Gasteiger charge is 2.06. The van der Waals surface area contributed by atoms with E-state index < -0.39 is 0 Å². The number of nitrogens with zero attached hydrogens (tertiary/aromatic N) is 2. The molecule has 1 heterocycles. The number of benzene rings is 1. The van der Waals surface area contributed by atoms with Gasteiger partial charge in [0.25, 0.3) is 0 Å². The third kappa shape index (κ3) is 2.13. The lowest BCUT2D eigenvalue weighted by Gasteiger charge is -2.14. The molecule has 1 aromatic heterocycles. The third-order valence-electron chi connectivity index (χ3n) is 2.74. The molecule has 1 atom stereocenters. The fourth-order valence-corrected chi connectivity index (χ4v) is 1.56. The van der Waals surface area contributed by atoms with E-state index in [2.05, 4.69) is 29.1 Å². The van der Waals surface area contributed by atoms with Crippen LogP contribution >= 0.6 is 0 Å². The first-order chi connectivity index (χ1) is 7.70. The van der Waals surface area contributed by atoms with Crippen LogP contribution in [-0.2, 0) is 0 Å². The molecule has 0 aliphatic carbocycles. The van der Waals surface area contributed by atoms with Crippen LogP contribution in [0.3, 0.4) is 0 Å². The predicted octanol–water partition coefficient (Wildman–Crippen LogP) is 3.15. The van der Waals surface area contributed by atoms with E-state index in [1.165, 1.54) is 0 Å². The molecule has 0 fully saturated rings. The van der Waals surface area contributed by atoms with Gasteiger partial charge in [-0.1, -0.05) is 19.1 Å². The molecule has 0 saturated heterocycles. The van der Waals surface area contributed by atoms with E-state index in [-0.39, 0.29) is 0 Å². The van der Waals surface area contributed by atoms with Crippen LogP contribution < -0.4 is 5.32 Å². The van der Waals surface area contributed by atoms with E-state index in [0.29, 0.717) is 6.04 Å². The van der Waals surface area contributed by atoms with Crippen LogP contribution in [0.1, 0.15) is 26.0 Å². The number of rotatable bonds is 3. The summed E-state index contributed by atoms with van der Waals surface area (Å²) in [6.45, 7) is 6.29. The zero-order chi connectivity index (χ0) is 11.5. The van der Waals surface area contributed by atoms with Crippen LogP contribution in [0.25, 0.3) is 11.0 Å². The highest BCUT2D eigenvalue weighted by molar-refractivity contribution is 5.76. The molecule has 3 heteroatoms. The molecule has 2 aromatic rings. The standard InChI is InChI=1S/C13H17N3/c1-4-9(2)14-13-10(3)15-11-7-5-6-8-12(11)16-13/h5-9H,4H2,1-3H3,(H,14,16). The molecule has 16 heavy (non-hydrogen) atoms. The first-order valence-corrected chi connectivity index (χ1v) is 5.70. The van der Waals surface area contributed by atoms with Crippen molar-refractivity contribution in [2.45, 2.75) is 33.2 Å². The highest BCUT2D eigenvalue weighted by Crippen LogP contribution is 2.16. The quantitative estimate of drug-likeness (QED) is 0.854. The third-order valence-corrected chi connectivity index (χ3v) is 2.74. The lowest BCUT2D eigenvalue weighted by Crippen LogP contribution is -2.16. The summed E-state index contributed by atoms with van der Waals surface area (Å²) in [5, 5.41) is 3.38. The topological polar surface area (TPSA) is 37.8 Å². The van der Waals surface area contributed by atoms with Crippen molar-refractivity contribution in [1.29, 1.82) is 0 Å². The van der Waals surface area contributed by atoms with Crippen molar-refractivity contribution in [2.24, 2.45) is 0 Å². The van der Waals surface area contributed by atoms with Gasteiger partial charge in [-0.15, -0.1) is 0 Å². The van der Waals surface area contributed by atoms with Crippen LogP contribution in [-0.4, -0.2) is 16.0 Å². The van der Waals surface area contributed by atoms with Gasteiger partial charge >= 0.3 is 0 Å². The first-order valence-electron chi connectivity index (χ1n) is 5.70. The summed E-state index contributed by atoms with van der Waals surface area (Å²) in [5.41, 5.74) is 2.85. The number of hydrogen-bond donors (Lipinski definition) is 1. The van der Waals surface area contributed by atoms with Crippen molar-refractivity contribution in [3.05, 3.63) is 30.0 Å². The van der Waals surface area contributed by atoms with E-state index in [4.69, 9.17) is 0 Å². The molecule has 1 N–H and O–H groups in total. The van der Waals surface area contributed by atoms with Crippen molar-refractivity contribution in [3.8, 4) is 0 Å². The van der Waals surface area contributed by atoms with Crippen molar-refractivity contribution in [3.63, 3.8) is 0 Å². The maximum Gasteiger partial charge on any atom is 0.148 e. The zero-order valence-electron chi connectivity index (χ0n) is 9.99. The number of para-hydroxylation sites is 2. The number of aryl methyl sites for hydroxylation is 1. The Bertz CT molecular complexity index is 494. The minimum absolute atomic E-state index is 0.425. The predicted molar refractivity (Wildman–Crippen MR) is 67.7 cm³/mol. The Morgan fingerprint density at radius 2 is 1.81 bits per heavy atom. The lowest BCUT2D eigenvalue weighted by molar-refractivity contribution is 0.757. The summed E-state index contributed by atoms with van der Waals surface area (Å²) < 4.78 is 0. The molecule has 0 aliphatic rings.